The van der Waals surface area contributed by atoms with Crippen LogP contribution in [0.5, 0.6) is 5.75 Å². The largest absolute Gasteiger partial charge is 0.457 e. The van der Waals surface area contributed by atoms with E-state index in [1.807, 2.05) is 0 Å². The molecule has 1 aromatic carbocycles. The van der Waals surface area contributed by atoms with Crippen molar-refractivity contribution in [3.05, 3.63) is 29.3 Å². The molecule has 0 radical (unpaired) electrons. The first kappa shape index (κ1) is 21.0. The van der Waals surface area contributed by atoms with E-state index in [-0.39, 0.29) is 5.92 Å². The van der Waals surface area contributed by atoms with Crippen LogP contribution in [-0.4, -0.2) is 14.0 Å². The number of halogens is 4. The molecule has 2 aliphatic carbocycles. The zero-order valence-corrected chi connectivity index (χ0v) is 15.7. The van der Waals surface area contributed by atoms with E-state index in [2.05, 4.69) is 11.7 Å². The van der Waals surface area contributed by atoms with Crippen molar-refractivity contribution < 1.29 is 22.3 Å². The molecular weight excluding hydrogens is 344 g/mol. The summed E-state index contributed by atoms with van der Waals surface area (Å²) < 4.78 is 53.9. The number of rotatable bonds is 4. The minimum absolute atomic E-state index is 0.201. The molecule has 2 saturated carbocycles. The molecule has 0 spiro atoms. The number of alkyl halides is 2. The van der Waals surface area contributed by atoms with Crippen LogP contribution >= 0.6 is 0 Å². The monoisotopic (exact) mass is 374 g/mol. The summed E-state index contributed by atoms with van der Waals surface area (Å²) >= 11 is 0. The molecule has 0 atom stereocenters. The van der Waals surface area contributed by atoms with Gasteiger partial charge >= 0.3 is 0 Å². The van der Waals surface area contributed by atoms with Gasteiger partial charge in [-0.1, -0.05) is 19.8 Å². The van der Waals surface area contributed by atoms with Crippen molar-refractivity contribution in [2.24, 2.45) is 17.8 Å². The Kier molecular flexibility index (Phi) is 8.23. The zero-order valence-electron chi connectivity index (χ0n) is 15.7. The van der Waals surface area contributed by atoms with E-state index in [0.717, 1.165) is 43.4 Å². The van der Waals surface area contributed by atoms with Gasteiger partial charge in [0.05, 0.1) is 7.18 Å². The van der Waals surface area contributed by atoms with Crippen molar-refractivity contribution in [3.63, 3.8) is 0 Å². The van der Waals surface area contributed by atoms with E-state index in [9.17, 15) is 17.6 Å². The molecule has 0 N–H and O–H groups in total. The van der Waals surface area contributed by atoms with Gasteiger partial charge in [-0.25, -0.2) is 13.2 Å². The second-order valence-electron chi connectivity index (χ2n) is 7.70. The van der Waals surface area contributed by atoms with Crippen LogP contribution in [0.15, 0.2) is 12.1 Å². The van der Waals surface area contributed by atoms with Crippen LogP contribution in [0.1, 0.15) is 69.8 Å². The molecule has 1 aromatic rings. The first-order chi connectivity index (χ1) is 12.6. The maximum absolute atomic E-state index is 13.9. The summed E-state index contributed by atoms with van der Waals surface area (Å²) in [6, 6.07) is 2.64. The van der Waals surface area contributed by atoms with Gasteiger partial charge in [-0.15, -0.1) is 0 Å². The predicted molar refractivity (Wildman–Crippen MR) is 95.8 cm³/mol. The molecule has 26 heavy (non-hydrogen) atoms. The Bertz CT molecular complexity index is 524. The lowest BCUT2D eigenvalue weighted by Crippen LogP contribution is -2.24. The van der Waals surface area contributed by atoms with Gasteiger partial charge in [0.2, 0.25) is 6.86 Å². The van der Waals surface area contributed by atoms with Crippen LogP contribution in [0.2, 0.25) is 0 Å². The lowest BCUT2D eigenvalue weighted by atomic mass is 9.68. The Labute approximate surface area is 154 Å². The van der Waals surface area contributed by atoms with E-state index in [4.69, 9.17) is 0 Å². The molecule has 0 aliphatic heterocycles. The molecule has 0 bridgehead atoms. The molecule has 5 heteroatoms. The normalized spacial score (nSPS) is 28.8. The molecular formula is C21H30F4O. The van der Waals surface area contributed by atoms with E-state index in [1.54, 1.807) is 0 Å². The summed E-state index contributed by atoms with van der Waals surface area (Å²) in [5.41, 5.74) is 0.687. The minimum Gasteiger partial charge on any atom is -0.457 e. The first-order valence-electron chi connectivity index (χ1n) is 9.64. The van der Waals surface area contributed by atoms with E-state index >= 15 is 0 Å². The molecule has 0 heterocycles. The van der Waals surface area contributed by atoms with Gasteiger partial charge in [-0.3, -0.25) is 4.39 Å². The fourth-order valence-electron chi connectivity index (χ4n) is 4.69. The van der Waals surface area contributed by atoms with Gasteiger partial charge < -0.3 is 4.74 Å². The number of hydrogen-bond donors (Lipinski definition) is 0. The predicted octanol–water partition coefficient (Wildman–Crippen LogP) is 6.96. The van der Waals surface area contributed by atoms with E-state index in [1.165, 1.54) is 37.8 Å². The molecule has 0 amide bonds. The van der Waals surface area contributed by atoms with Gasteiger partial charge in [0, 0.05) is 0 Å². The van der Waals surface area contributed by atoms with Crippen molar-refractivity contribution in [1.29, 1.82) is 0 Å². The third kappa shape index (κ3) is 5.14. The van der Waals surface area contributed by atoms with Crippen molar-refractivity contribution in [2.75, 3.05) is 14.0 Å². The number of hydrogen-bond acceptors (Lipinski definition) is 1. The van der Waals surface area contributed by atoms with Crippen LogP contribution in [0.3, 0.4) is 0 Å². The summed E-state index contributed by atoms with van der Waals surface area (Å²) in [7, 11) is 0.500. The fraction of sp³-hybridized carbons (Fsp3) is 0.714. The third-order valence-electron chi connectivity index (χ3n) is 6.19. The van der Waals surface area contributed by atoms with E-state index in [0.29, 0.717) is 12.7 Å². The first-order valence-corrected chi connectivity index (χ1v) is 9.64. The topological polar surface area (TPSA) is 9.23 Å². The quantitative estimate of drug-likeness (QED) is 0.518. The highest BCUT2D eigenvalue weighted by Gasteiger charge is 2.31. The summed E-state index contributed by atoms with van der Waals surface area (Å²) in [6.07, 6.45) is 9.64. The summed E-state index contributed by atoms with van der Waals surface area (Å²) in [6.45, 7) is 1.12. The summed E-state index contributed by atoms with van der Waals surface area (Å²) in [5.74, 6) is 0.484. The Balaban J connectivity index is 0.00000117. The molecule has 2 fully saturated rings. The Hall–Kier alpha value is -1.26. The SMILES string of the molecule is CC1CCC(C2CCC(c3cc(F)c(OCF)c(F)c3)CC2)CC1.CF. The molecule has 0 unspecified atom stereocenters. The van der Waals surface area contributed by atoms with Crippen LogP contribution in [0.4, 0.5) is 17.6 Å². The Morgan fingerprint density at radius 3 is 1.77 bits per heavy atom. The van der Waals surface area contributed by atoms with Gasteiger partial charge in [-0.2, -0.15) is 0 Å². The average molecular weight is 374 g/mol. The van der Waals surface area contributed by atoms with Crippen LogP contribution < -0.4 is 4.74 Å². The van der Waals surface area contributed by atoms with Gasteiger partial charge in [0.15, 0.2) is 17.4 Å². The highest BCUT2D eigenvalue weighted by atomic mass is 19.1. The molecule has 2 aliphatic rings. The van der Waals surface area contributed by atoms with Crippen LogP contribution in [0.25, 0.3) is 0 Å². The maximum Gasteiger partial charge on any atom is 0.228 e. The minimum atomic E-state index is -1.22. The maximum atomic E-state index is 13.9. The molecule has 148 valence electrons. The lowest BCUT2D eigenvalue weighted by Gasteiger charge is -2.37. The second-order valence-corrected chi connectivity index (χ2v) is 7.70. The van der Waals surface area contributed by atoms with Crippen molar-refractivity contribution in [3.8, 4) is 5.75 Å². The summed E-state index contributed by atoms with van der Waals surface area (Å²) in [4.78, 5) is 0. The van der Waals surface area contributed by atoms with Crippen molar-refractivity contribution in [2.45, 2.75) is 64.2 Å². The Morgan fingerprint density at radius 1 is 0.846 bits per heavy atom. The molecule has 0 aromatic heterocycles. The lowest BCUT2D eigenvalue weighted by molar-refractivity contribution is 0.164. The van der Waals surface area contributed by atoms with E-state index < -0.39 is 24.2 Å². The van der Waals surface area contributed by atoms with Crippen LogP contribution in [0, 0.1) is 29.4 Å². The zero-order chi connectivity index (χ0) is 19.1. The van der Waals surface area contributed by atoms with Crippen molar-refractivity contribution >= 4 is 0 Å². The standard InChI is InChI=1S/C20H27F3O.CH3F/c1-13-2-4-14(5-3-13)15-6-8-16(9-7-15)17-10-18(22)20(24-12-21)19(23)11-17;1-2/h10-11,13-16H,2-9,12H2,1H3;1H3. The van der Waals surface area contributed by atoms with Gasteiger partial charge in [0.25, 0.3) is 0 Å². The molecule has 1 nitrogen and oxygen atoms in total. The Morgan fingerprint density at radius 2 is 1.31 bits per heavy atom. The third-order valence-corrected chi connectivity index (χ3v) is 6.19. The van der Waals surface area contributed by atoms with Gasteiger partial charge in [-0.05, 0) is 79.9 Å². The van der Waals surface area contributed by atoms with Crippen molar-refractivity contribution in [1.82, 2.24) is 0 Å². The van der Waals surface area contributed by atoms with Gasteiger partial charge in [0.1, 0.15) is 0 Å². The summed E-state index contributed by atoms with van der Waals surface area (Å²) in [5, 5.41) is 0. The second kappa shape index (κ2) is 10.2. The average Bonchev–Trinajstić information content (AvgIpc) is 2.67. The number of ether oxygens (including phenoxy) is 1. The molecule has 3 rings (SSSR count). The smallest absolute Gasteiger partial charge is 0.228 e. The highest BCUT2D eigenvalue weighted by Crippen LogP contribution is 2.44. The molecule has 0 saturated heterocycles. The fourth-order valence-corrected chi connectivity index (χ4v) is 4.69. The van der Waals surface area contributed by atoms with Crippen LogP contribution in [-0.2, 0) is 0 Å². The highest BCUT2D eigenvalue weighted by molar-refractivity contribution is 5.33. The number of benzene rings is 1.